The van der Waals surface area contributed by atoms with E-state index >= 15 is 0 Å². The first kappa shape index (κ1) is 19.6. The lowest BCUT2D eigenvalue weighted by Gasteiger charge is -2.35. The monoisotopic (exact) mass is 386 g/mol. The maximum atomic E-state index is 9.09. The Kier molecular flexibility index (Phi) is 6.20. The van der Waals surface area contributed by atoms with Crippen LogP contribution >= 0.6 is 0 Å². The van der Waals surface area contributed by atoms with Crippen molar-refractivity contribution in [1.29, 1.82) is 0 Å². The molecular formula is C26H26O3. The number of aliphatic hydroxyl groups is 1. The summed E-state index contributed by atoms with van der Waals surface area (Å²) in [6.45, 7) is 0.559. The van der Waals surface area contributed by atoms with E-state index in [2.05, 4.69) is 78.9 Å². The Bertz CT molecular complexity index is 810. The van der Waals surface area contributed by atoms with Crippen LogP contribution in [0.2, 0.25) is 0 Å². The van der Waals surface area contributed by atoms with E-state index in [1.807, 2.05) is 24.3 Å². The summed E-state index contributed by atoms with van der Waals surface area (Å²) in [6, 6.07) is 31.1. The van der Waals surface area contributed by atoms with Gasteiger partial charge in [-0.05, 0) is 23.1 Å². The van der Waals surface area contributed by atoms with Crippen molar-refractivity contribution >= 4 is 0 Å². The summed E-state index contributed by atoms with van der Waals surface area (Å²) in [5.74, 6) is 0. The fourth-order valence-corrected chi connectivity index (χ4v) is 3.79. The molecule has 0 spiro atoms. The van der Waals surface area contributed by atoms with Crippen LogP contribution < -0.4 is 0 Å². The molecule has 3 nitrogen and oxygen atoms in total. The number of hydrogen-bond donors (Lipinski definition) is 1. The fraction of sp³-hybridized carbons (Fsp3) is 0.231. The van der Waals surface area contributed by atoms with Gasteiger partial charge in [0.25, 0.3) is 0 Å². The van der Waals surface area contributed by atoms with Crippen LogP contribution in [0.3, 0.4) is 0 Å². The SMILES string of the molecule is OC[C@H]1O[C@@H]1C/C=C/COC(c1ccccc1)(c1ccccc1)c1ccccc1. The molecule has 148 valence electrons. The van der Waals surface area contributed by atoms with Crippen LogP contribution in [0.15, 0.2) is 103 Å². The zero-order valence-corrected chi connectivity index (χ0v) is 16.4. The second-order valence-electron chi connectivity index (χ2n) is 7.19. The lowest BCUT2D eigenvalue weighted by molar-refractivity contribution is 0.0319. The molecule has 29 heavy (non-hydrogen) atoms. The maximum Gasteiger partial charge on any atom is 0.144 e. The van der Waals surface area contributed by atoms with Crippen molar-refractivity contribution in [3.8, 4) is 0 Å². The number of hydrogen-bond acceptors (Lipinski definition) is 3. The quantitative estimate of drug-likeness (QED) is 0.329. The third kappa shape index (κ3) is 4.33. The molecule has 4 rings (SSSR count). The Morgan fingerprint density at radius 1 is 0.724 bits per heavy atom. The van der Waals surface area contributed by atoms with Gasteiger partial charge in [0.15, 0.2) is 0 Å². The van der Waals surface area contributed by atoms with Crippen molar-refractivity contribution in [2.75, 3.05) is 13.2 Å². The molecular weight excluding hydrogens is 360 g/mol. The number of benzene rings is 3. The van der Waals surface area contributed by atoms with Gasteiger partial charge < -0.3 is 14.6 Å². The van der Waals surface area contributed by atoms with Crippen molar-refractivity contribution < 1.29 is 14.6 Å². The molecule has 3 heteroatoms. The fourth-order valence-electron chi connectivity index (χ4n) is 3.79. The summed E-state index contributed by atoms with van der Waals surface area (Å²) < 4.78 is 12.0. The molecule has 1 saturated heterocycles. The predicted octanol–water partition coefficient (Wildman–Crippen LogP) is 4.70. The molecule has 1 N–H and O–H groups in total. The van der Waals surface area contributed by atoms with Gasteiger partial charge in [0.05, 0.1) is 19.3 Å². The van der Waals surface area contributed by atoms with E-state index in [0.717, 1.165) is 23.1 Å². The first-order valence-electron chi connectivity index (χ1n) is 10.1. The highest BCUT2D eigenvalue weighted by Crippen LogP contribution is 2.40. The van der Waals surface area contributed by atoms with E-state index in [4.69, 9.17) is 14.6 Å². The second kappa shape index (κ2) is 9.19. The minimum absolute atomic E-state index is 0.00221. The predicted molar refractivity (Wildman–Crippen MR) is 115 cm³/mol. The Balaban J connectivity index is 1.65. The summed E-state index contributed by atoms with van der Waals surface area (Å²) in [5, 5.41) is 9.09. The molecule has 0 aliphatic carbocycles. The van der Waals surface area contributed by atoms with Crippen molar-refractivity contribution in [3.05, 3.63) is 120 Å². The van der Waals surface area contributed by atoms with E-state index in [9.17, 15) is 0 Å². The summed E-state index contributed by atoms with van der Waals surface area (Å²) in [5.41, 5.74) is 2.59. The standard InChI is InChI=1S/C26H26O3/c27-20-25-24(29-25)18-10-11-19-28-26(21-12-4-1-5-13-21,22-14-6-2-7-15-22)23-16-8-3-9-17-23/h1-17,24-25,27H,18-20H2/b11-10+/t24-,25-/m1/s1. The van der Waals surface area contributed by atoms with Gasteiger partial charge in [0, 0.05) is 0 Å². The van der Waals surface area contributed by atoms with E-state index in [1.54, 1.807) is 0 Å². The molecule has 1 aliphatic heterocycles. The van der Waals surface area contributed by atoms with Gasteiger partial charge in [-0.1, -0.05) is 103 Å². The number of aliphatic hydroxyl groups excluding tert-OH is 1. The molecule has 3 aromatic carbocycles. The molecule has 1 heterocycles. The van der Waals surface area contributed by atoms with Crippen LogP contribution in [-0.4, -0.2) is 30.5 Å². The Morgan fingerprint density at radius 2 is 1.21 bits per heavy atom. The average Bonchev–Trinajstić information content (AvgIpc) is 3.57. The molecule has 0 saturated carbocycles. The smallest absolute Gasteiger partial charge is 0.144 e. The van der Waals surface area contributed by atoms with E-state index in [1.165, 1.54) is 0 Å². The normalized spacial score (nSPS) is 18.8. The third-order valence-corrected chi connectivity index (χ3v) is 5.34. The highest BCUT2D eigenvalue weighted by atomic mass is 16.6. The van der Waals surface area contributed by atoms with Crippen molar-refractivity contribution in [2.24, 2.45) is 0 Å². The number of epoxide rings is 1. The highest BCUT2D eigenvalue weighted by Gasteiger charge is 2.38. The van der Waals surface area contributed by atoms with Gasteiger partial charge in [0.2, 0.25) is 0 Å². The molecule has 0 bridgehead atoms. The topological polar surface area (TPSA) is 42.0 Å². The lowest BCUT2D eigenvalue weighted by atomic mass is 9.80. The Hall–Kier alpha value is -2.72. The molecule has 0 unspecified atom stereocenters. The molecule has 0 radical (unpaired) electrons. The Morgan fingerprint density at radius 3 is 1.62 bits per heavy atom. The number of rotatable bonds is 9. The van der Waals surface area contributed by atoms with E-state index < -0.39 is 5.60 Å². The Labute approximate surface area is 172 Å². The molecule has 3 aromatic rings. The summed E-state index contributed by atoms with van der Waals surface area (Å²) >= 11 is 0. The van der Waals surface area contributed by atoms with Gasteiger partial charge in [-0.15, -0.1) is 0 Å². The zero-order valence-electron chi connectivity index (χ0n) is 16.4. The van der Waals surface area contributed by atoms with Crippen LogP contribution in [0.1, 0.15) is 23.1 Å². The zero-order chi connectivity index (χ0) is 19.9. The van der Waals surface area contributed by atoms with Crippen LogP contribution in [0.25, 0.3) is 0 Å². The summed E-state index contributed by atoms with van der Waals surface area (Å²) in [7, 11) is 0. The van der Waals surface area contributed by atoms with Gasteiger partial charge in [0.1, 0.15) is 11.7 Å². The molecule has 1 aliphatic rings. The molecule has 0 amide bonds. The minimum atomic E-state index is -0.697. The van der Waals surface area contributed by atoms with E-state index in [-0.39, 0.29) is 18.8 Å². The largest absolute Gasteiger partial charge is 0.394 e. The number of ether oxygens (including phenoxy) is 2. The summed E-state index contributed by atoms with van der Waals surface area (Å²) in [4.78, 5) is 0. The first-order valence-corrected chi connectivity index (χ1v) is 10.1. The van der Waals surface area contributed by atoms with Crippen LogP contribution in [0, 0.1) is 0 Å². The second-order valence-corrected chi connectivity index (χ2v) is 7.19. The molecule has 1 fully saturated rings. The van der Waals surface area contributed by atoms with Crippen LogP contribution in [-0.2, 0) is 15.1 Å². The van der Waals surface area contributed by atoms with Crippen LogP contribution in [0.4, 0.5) is 0 Å². The highest BCUT2D eigenvalue weighted by molar-refractivity contribution is 5.47. The third-order valence-electron chi connectivity index (χ3n) is 5.34. The molecule has 0 aromatic heterocycles. The van der Waals surface area contributed by atoms with Gasteiger partial charge in [-0.25, -0.2) is 0 Å². The minimum Gasteiger partial charge on any atom is -0.394 e. The van der Waals surface area contributed by atoms with Crippen molar-refractivity contribution in [3.63, 3.8) is 0 Å². The first-order chi connectivity index (χ1) is 14.3. The van der Waals surface area contributed by atoms with E-state index in [0.29, 0.717) is 6.61 Å². The summed E-state index contributed by atoms with van der Waals surface area (Å²) in [6.07, 6.45) is 5.05. The lowest BCUT2D eigenvalue weighted by Crippen LogP contribution is -2.33. The maximum absolute atomic E-state index is 9.09. The van der Waals surface area contributed by atoms with Gasteiger partial charge in [-0.3, -0.25) is 0 Å². The van der Waals surface area contributed by atoms with Crippen LogP contribution in [0.5, 0.6) is 0 Å². The van der Waals surface area contributed by atoms with Gasteiger partial charge in [-0.2, -0.15) is 0 Å². The van der Waals surface area contributed by atoms with Crippen molar-refractivity contribution in [1.82, 2.24) is 0 Å². The average molecular weight is 386 g/mol. The van der Waals surface area contributed by atoms with Gasteiger partial charge >= 0.3 is 0 Å². The molecule has 2 atom stereocenters. The van der Waals surface area contributed by atoms with Crippen molar-refractivity contribution in [2.45, 2.75) is 24.2 Å².